The van der Waals surface area contributed by atoms with Crippen LogP contribution in [0.5, 0.6) is 0 Å². The van der Waals surface area contributed by atoms with Crippen molar-refractivity contribution >= 4 is 72.0 Å². The van der Waals surface area contributed by atoms with Crippen LogP contribution in [0, 0.1) is 0 Å². The Morgan fingerprint density at radius 2 is 1.08 bits per heavy atom. The van der Waals surface area contributed by atoms with Crippen LogP contribution >= 0.6 is 21.4 Å². The van der Waals surface area contributed by atoms with Crippen molar-refractivity contribution in [2.45, 2.75) is 0 Å². The molecule has 0 saturated heterocycles. The second-order valence-corrected chi connectivity index (χ2v) is 10.2. The van der Waals surface area contributed by atoms with E-state index in [9.17, 15) is 0 Å². The van der Waals surface area contributed by atoms with Crippen molar-refractivity contribution < 1.29 is 17.2 Å². The van der Waals surface area contributed by atoms with Crippen molar-refractivity contribution in [3.8, 4) is 0 Å². The quantitative estimate of drug-likeness (QED) is 0.0592. The summed E-state index contributed by atoms with van der Waals surface area (Å²) in [5, 5.41) is 14.0. The van der Waals surface area contributed by atoms with Crippen LogP contribution < -0.4 is 21.6 Å². The summed E-state index contributed by atoms with van der Waals surface area (Å²) in [6.07, 6.45) is 1.65. The minimum atomic E-state index is -0.446. The topological polar surface area (TPSA) is 50.7 Å². The summed E-state index contributed by atoms with van der Waals surface area (Å²) in [5.74, 6) is 0. The number of halogens is 1. The van der Waals surface area contributed by atoms with Crippen LogP contribution in [0.25, 0.3) is 10.8 Å². The normalized spacial score (nSPS) is 11.0. The van der Waals surface area contributed by atoms with Gasteiger partial charge in [-0.25, -0.2) is 0 Å². The molecule has 3 nitrogen and oxygen atoms in total. The van der Waals surface area contributed by atoms with Crippen molar-refractivity contribution in [2.75, 3.05) is 0 Å². The SMILES string of the molecule is N/C([S-])=N/N=C\c1cccc2ccccc12.[Br][Pd+].c1ccc(P(c2ccccc2)c2ccccc2)cc1. The van der Waals surface area contributed by atoms with E-state index in [1.165, 1.54) is 21.3 Å². The fraction of sp³-hybridized carbons (Fsp3) is 0. The number of fused-ring (bicyclic) bond motifs is 1. The van der Waals surface area contributed by atoms with Crippen LogP contribution in [0.1, 0.15) is 5.56 Å². The smallest absolute Gasteiger partial charge is 0.0134 e. The van der Waals surface area contributed by atoms with Gasteiger partial charge in [0.2, 0.25) is 0 Å². The van der Waals surface area contributed by atoms with Crippen molar-refractivity contribution in [3.63, 3.8) is 0 Å². The zero-order chi connectivity index (χ0) is 26.3. The number of benzene rings is 5. The Kier molecular flexibility index (Phi) is 12.6. The Morgan fingerprint density at radius 1 is 0.649 bits per heavy atom. The molecule has 0 aliphatic heterocycles. The van der Waals surface area contributed by atoms with Crippen molar-refractivity contribution in [3.05, 3.63) is 139 Å². The number of hydrogen-bond acceptors (Lipinski definition) is 3. The predicted molar refractivity (Wildman–Crippen MR) is 165 cm³/mol. The van der Waals surface area contributed by atoms with Crippen LogP contribution in [-0.4, -0.2) is 11.4 Å². The van der Waals surface area contributed by atoms with E-state index in [1.807, 2.05) is 30.3 Å². The van der Waals surface area contributed by atoms with E-state index in [0.29, 0.717) is 0 Å². The summed E-state index contributed by atoms with van der Waals surface area (Å²) in [6, 6.07) is 46.4. The molecule has 37 heavy (non-hydrogen) atoms. The minimum absolute atomic E-state index is 0.0384. The molecule has 0 radical (unpaired) electrons. The molecule has 0 atom stereocenters. The third-order valence-electron chi connectivity index (χ3n) is 5.22. The first kappa shape index (κ1) is 28.9. The van der Waals surface area contributed by atoms with E-state index >= 15 is 0 Å². The largest absolute Gasteiger partial charge is 0.0622 e. The molecular formula is C30H25BrN3PPdS. The first-order chi connectivity index (χ1) is 18.2. The van der Waals surface area contributed by atoms with Crippen molar-refractivity contribution in [1.29, 1.82) is 0 Å². The molecular weight excluding hydrogens is 652 g/mol. The molecule has 2 N–H and O–H groups in total. The molecule has 0 bridgehead atoms. The van der Waals surface area contributed by atoms with Gasteiger partial charge in [0.05, 0.1) is 6.21 Å². The molecule has 188 valence electrons. The monoisotopic (exact) mass is 675 g/mol. The first-order valence-corrected chi connectivity index (χ1v) is 16.6. The summed E-state index contributed by atoms with van der Waals surface area (Å²) in [5.41, 5.74) is 6.22. The van der Waals surface area contributed by atoms with E-state index < -0.39 is 7.92 Å². The maximum absolute atomic E-state index is 5.22. The summed E-state index contributed by atoms with van der Waals surface area (Å²) in [4.78, 5) is 0. The zero-order valence-electron chi connectivity index (χ0n) is 19.8. The molecule has 7 heteroatoms. The Labute approximate surface area is 242 Å². The van der Waals surface area contributed by atoms with E-state index in [-0.39, 0.29) is 5.17 Å². The second kappa shape index (κ2) is 16.2. The van der Waals surface area contributed by atoms with Gasteiger partial charge in [-0.1, -0.05) is 133 Å². The van der Waals surface area contributed by atoms with E-state index in [1.54, 1.807) is 6.21 Å². The van der Waals surface area contributed by atoms with E-state index in [0.717, 1.165) is 10.9 Å². The molecule has 0 aromatic heterocycles. The molecule has 0 heterocycles. The molecule has 0 amide bonds. The van der Waals surface area contributed by atoms with Gasteiger partial charge >= 0.3 is 30.6 Å². The zero-order valence-corrected chi connectivity index (χ0v) is 24.7. The van der Waals surface area contributed by atoms with Gasteiger partial charge in [0.15, 0.2) is 0 Å². The minimum Gasteiger partial charge on any atom is -0.0622 e. The molecule has 5 aromatic rings. The maximum atomic E-state index is 5.22. The predicted octanol–water partition coefficient (Wildman–Crippen LogP) is 6.32. The molecule has 0 aliphatic carbocycles. The van der Waals surface area contributed by atoms with Crippen LogP contribution in [0.2, 0.25) is 0 Å². The van der Waals surface area contributed by atoms with Crippen LogP contribution in [0.15, 0.2) is 144 Å². The summed E-state index contributed by atoms with van der Waals surface area (Å²) in [6.45, 7) is 0. The Bertz CT molecular complexity index is 1320. The molecule has 0 unspecified atom stereocenters. The summed E-state index contributed by atoms with van der Waals surface area (Å²) in [7, 11) is -0.446. The van der Waals surface area contributed by atoms with Crippen molar-refractivity contribution in [1.82, 2.24) is 0 Å². The molecule has 5 rings (SSSR count). The molecule has 0 spiro atoms. The van der Waals surface area contributed by atoms with Gasteiger partial charge in [-0.15, -0.1) is 0 Å². The van der Waals surface area contributed by atoms with Crippen molar-refractivity contribution in [2.24, 2.45) is 15.9 Å². The van der Waals surface area contributed by atoms with Gasteiger partial charge in [0, 0.05) is 5.56 Å². The van der Waals surface area contributed by atoms with E-state index in [2.05, 4.69) is 157 Å². The Balaban J connectivity index is 0.000000195. The average Bonchev–Trinajstić information content (AvgIpc) is 2.96. The van der Waals surface area contributed by atoms with Gasteiger partial charge in [-0.05, 0) is 39.8 Å². The van der Waals surface area contributed by atoms with Gasteiger partial charge < -0.3 is 18.4 Å². The summed E-state index contributed by atoms with van der Waals surface area (Å²) >= 11 is 9.95. The molecule has 0 aliphatic rings. The number of rotatable bonds is 5. The standard InChI is InChI=1S/C18H15P.C12H11N3S.BrH.Pd/c1-4-10-16(11-5-1)19(17-12-6-2-7-13-17)18-14-8-3-9-15-18;13-12(16)15-14-8-10-6-3-5-9-4-1-2-7-11(9)10;;/h1-15H;1-8H,(H3,13,15,16);1H;/q;;;+2/p-2/b;14-8-;;. The fourth-order valence-electron chi connectivity index (χ4n) is 3.69. The number of nitrogens with two attached hydrogens (primary N) is 1. The third kappa shape index (κ3) is 8.97. The fourth-order valence-corrected chi connectivity index (χ4v) is 6.04. The summed E-state index contributed by atoms with van der Waals surface area (Å²) < 4.78 is 0. The van der Waals surface area contributed by atoms with E-state index in [4.69, 9.17) is 5.73 Å². The Hall–Kier alpha value is -2.71. The number of amidine groups is 1. The third-order valence-corrected chi connectivity index (χ3v) is 7.74. The van der Waals surface area contributed by atoms with Gasteiger partial charge in [0.25, 0.3) is 0 Å². The maximum Gasteiger partial charge on any atom is -0.0134 e. The first-order valence-electron chi connectivity index (χ1n) is 11.3. The molecule has 0 saturated carbocycles. The molecule has 0 fully saturated rings. The average molecular weight is 677 g/mol. The van der Waals surface area contributed by atoms with Crippen LogP contribution in [0.3, 0.4) is 0 Å². The second-order valence-electron chi connectivity index (χ2n) is 7.59. The van der Waals surface area contributed by atoms with Gasteiger partial charge in [0.1, 0.15) is 0 Å². The Morgan fingerprint density at radius 3 is 1.57 bits per heavy atom. The number of nitrogens with zero attached hydrogens (tertiary/aromatic N) is 2. The molecule has 5 aromatic carbocycles. The van der Waals surface area contributed by atoms with Crippen LogP contribution in [-0.2, 0) is 29.8 Å². The number of hydrogen-bond donors (Lipinski definition) is 1. The van der Waals surface area contributed by atoms with Gasteiger partial charge in [-0.3, -0.25) is 0 Å². The van der Waals surface area contributed by atoms with Crippen LogP contribution in [0.4, 0.5) is 0 Å². The van der Waals surface area contributed by atoms with Gasteiger partial charge in [-0.2, -0.15) is 10.2 Å².